The summed E-state index contributed by atoms with van der Waals surface area (Å²) in [4.78, 5) is 22.9. The van der Waals surface area contributed by atoms with Gasteiger partial charge >= 0.3 is 0 Å². The molecule has 94 valence electrons. The lowest BCUT2D eigenvalue weighted by Crippen LogP contribution is -2.35. The predicted molar refractivity (Wildman–Crippen MR) is 57.7 cm³/mol. The van der Waals surface area contributed by atoms with Crippen molar-refractivity contribution < 1.29 is 14.0 Å². The largest absolute Gasteiger partial charge is 0.461 e. The predicted octanol–water partition coefficient (Wildman–Crippen LogP) is -1.47. The van der Waals surface area contributed by atoms with Gasteiger partial charge in [-0.15, -0.1) is 10.2 Å². The van der Waals surface area contributed by atoms with E-state index in [4.69, 9.17) is 10.2 Å². The van der Waals surface area contributed by atoms with E-state index in [9.17, 15) is 9.59 Å². The van der Waals surface area contributed by atoms with Gasteiger partial charge in [0, 0.05) is 0 Å². The summed E-state index contributed by atoms with van der Waals surface area (Å²) in [7, 11) is 0. The number of furan rings is 1. The van der Waals surface area contributed by atoms with Gasteiger partial charge in [-0.05, 0) is 17.3 Å². The van der Waals surface area contributed by atoms with Crippen LogP contribution in [-0.4, -0.2) is 38.6 Å². The van der Waals surface area contributed by atoms with Gasteiger partial charge in [0.25, 0.3) is 0 Å². The lowest BCUT2D eigenvalue weighted by Gasteiger charge is -2.00. The van der Waals surface area contributed by atoms with Crippen LogP contribution in [-0.2, 0) is 16.1 Å². The first-order chi connectivity index (χ1) is 8.65. The number of nitrogens with two attached hydrogens (primary N) is 1. The molecule has 2 aromatic rings. The molecule has 3 N–H and O–H groups in total. The van der Waals surface area contributed by atoms with Crippen LogP contribution in [0.2, 0.25) is 0 Å². The molecule has 0 fully saturated rings. The van der Waals surface area contributed by atoms with E-state index in [-0.39, 0.29) is 18.9 Å². The molecule has 0 saturated carbocycles. The van der Waals surface area contributed by atoms with E-state index in [0.29, 0.717) is 5.76 Å². The third kappa shape index (κ3) is 2.90. The normalized spacial score (nSPS) is 10.2. The number of rotatable bonds is 5. The summed E-state index contributed by atoms with van der Waals surface area (Å²) in [6.45, 7) is -0.375. The lowest BCUT2D eigenvalue weighted by atomic mass is 10.4. The molecule has 0 spiro atoms. The molecule has 0 bridgehead atoms. The standard InChI is InChI=1S/C9H10N6O3/c10-7(16)4-11-8(17)5-15-13-9(12-14-15)6-2-1-3-18-6/h1-3H,4-5H2,(H2,10,16)(H,11,17). The first kappa shape index (κ1) is 11.8. The van der Waals surface area contributed by atoms with E-state index >= 15 is 0 Å². The van der Waals surface area contributed by atoms with Crippen molar-refractivity contribution in [3.8, 4) is 11.6 Å². The van der Waals surface area contributed by atoms with Crippen molar-refractivity contribution in [2.75, 3.05) is 6.54 Å². The van der Waals surface area contributed by atoms with Crippen LogP contribution in [0.25, 0.3) is 11.6 Å². The number of nitrogens with zero attached hydrogens (tertiary/aromatic N) is 4. The van der Waals surface area contributed by atoms with Crippen LogP contribution in [0, 0.1) is 0 Å². The fourth-order valence-corrected chi connectivity index (χ4v) is 1.18. The molecule has 0 aliphatic heterocycles. The zero-order chi connectivity index (χ0) is 13.0. The van der Waals surface area contributed by atoms with Gasteiger partial charge in [-0.3, -0.25) is 9.59 Å². The molecule has 2 rings (SSSR count). The molecule has 0 saturated heterocycles. The lowest BCUT2D eigenvalue weighted by molar-refractivity contribution is -0.125. The smallest absolute Gasteiger partial charge is 0.244 e. The number of amides is 2. The Morgan fingerprint density at radius 2 is 2.33 bits per heavy atom. The summed E-state index contributed by atoms with van der Waals surface area (Å²) < 4.78 is 5.08. The average Bonchev–Trinajstić information content (AvgIpc) is 2.95. The molecule has 9 heteroatoms. The zero-order valence-electron chi connectivity index (χ0n) is 9.24. The van der Waals surface area contributed by atoms with Gasteiger partial charge < -0.3 is 15.5 Å². The first-order valence-corrected chi connectivity index (χ1v) is 5.02. The minimum Gasteiger partial charge on any atom is -0.461 e. The number of nitrogens with one attached hydrogen (secondary N) is 1. The average molecular weight is 250 g/mol. The molecule has 18 heavy (non-hydrogen) atoms. The van der Waals surface area contributed by atoms with Crippen LogP contribution in [0.4, 0.5) is 0 Å². The molecule has 0 aromatic carbocycles. The van der Waals surface area contributed by atoms with Crippen molar-refractivity contribution >= 4 is 11.8 Å². The SMILES string of the molecule is NC(=O)CNC(=O)Cn1nnc(-c2ccco2)n1. The molecule has 0 aliphatic carbocycles. The summed E-state index contributed by atoms with van der Waals surface area (Å²) in [5.41, 5.74) is 4.89. The highest BCUT2D eigenvalue weighted by Crippen LogP contribution is 2.12. The third-order valence-corrected chi connectivity index (χ3v) is 1.94. The van der Waals surface area contributed by atoms with Gasteiger partial charge in [-0.2, -0.15) is 4.80 Å². The quantitative estimate of drug-likeness (QED) is 0.666. The number of primary amides is 1. The molecule has 0 atom stereocenters. The van der Waals surface area contributed by atoms with Crippen molar-refractivity contribution in [3.05, 3.63) is 18.4 Å². The topological polar surface area (TPSA) is 129 Å². The Morgan fingerprint density at radius 1 is 1.50 bits per heavy atom. The van der Waals surface area contributed by atoms with E-state index in [0.717, 1.165) is 4.80 Å². The van der Waals surface area contributed by atoms with E-state index in [1.165, 1.54) is 6.26 Å². The Hall–Kier alpha value is -2.71. The van der Waals surface area contributed by atoms with E-state index in [1.54, 1.807) is 12.1 Å². The van der Waals surface area contributed by atoms with Crippen molar-refractivity contribution in [3.63, 3.8) is 0 Å². The summed E-state index contributed by atoms with van der Waals surface area (Å²) in [6.07, 6.45) is 1.48. The summed E-state index contributed by atoms with van der Waals surface area (Å²) in [6, 6.07) is 3.37. The van der Waals surface area contributed by atoms with Gasteiger partial charge in [0.15, 0.2) is 5.76 Å². The van der Waals surface area contributed by atoms with Gasteiger partial charge in [-0.25, -0.2) is 0 Å². The molecule has 2 amide bonds. The Labute approximate surface area is 101 Å². The second-order valence-electron chi connectivity index (χ2n) is 3.36. The molecule has 0 unspecified atom stereocenters. The van der Waals surface area contributed by atoms with Gasteiger partial charge in [0.1, 0.15) is 6.54 Å². The van der Waals surface area contributed by atoms with Crippen molar-refractivity contribution in [2.45, 2.75) is 6.54 Å². The maximum Gasteiger partial charge on any atom is 0.244 e. The highest BCUT2D eigenvalue weighted by Gasteiger charge is 2.10. The van der Waals surface area contributed by atoms with Crippen molar-refractivity contribution in [2.24, 2.45) is 5.73 Å². The number of carbonyl (C=O) groups is 2. The monoisotopic (exact) mass is 250 g/mol. The maximum absolute atomic E-state index is 11.3. The van der Waals surface area contributed by atoms with Crippen molar-refractivity contribution in [1.29, 1.82) is 0 Å². The van der Waals surface area contributed by atoms with Gasteiger partial charge in [0.2, 0.25) is 17.6 Å². The van der Waals surface area contributed by atoms with E-state index in [1.807, 2.05) is 0 Å². The molecule has 2 aromatic heterocycles. The molecule has 0 aliphatic rings. The minimum atomic E-state index is -0.619. The highest BCUT2D eigenvalue weighted by molar-refractivity contribution is 5.83. The summed E-state index contributed by atoms with van der Waals surface area (Å²) in [5.74, 6) is -0.315. The van der Waals surface area contributed by atoms with Crippen LogP contribution in [0.5, 0.6) is 0 Å². The summed E-state index contributed by atoms with van der Waals surface area (Å²) >= 11 is 0. The van der Waals surface area contributed by atoms with Crippen LogP contribution in [0.15, 0.2) is 22.8 Å². The number of hydrogen-bond donors (Lipinski definition) is 2. The third-order valence-electron chi connectivity index (χ3n) is 1.94. The van der Waals surface area contributed by atoms with Gasteiger partial charge in [0.05, 0.1) is 12.8 Å². The van der Waals surface area contributed by atoms with Crippen LogP contribution in [0.1, 0.15) is 0 Å². The first-order valence-electron chi connectivity index (χ1n) is 5.02. The second-order valence-corrected chi connectivity index (χ2v) is 3.36. The molecular weight excluding hydrogens is 240 g/mol. The van der Waals surface area contributed by atoms with Crippen molar-refractivity contribution in [1.82, 2.24) is 25.5 Å². The van der Waals surface area contributed by atoms with Crippen LogP contribution >= 0.6 is 0 Å². The minimum absolute atomic E-state index is 0.152. The highest BCUT2D eigenvalue weighted by atomic mass is 16.3. The Bertz CT molecular complexity index is 546. The zero-order valence-corrected chi connectivity index (χ0v) is 9.24. The number of aromatic nitrogens is 4. The van der Waals surface area contributed by atoms with E-state index < -0.39 is 11.8 Å². The fourth-order valence-electron chi connectivity index (χ4n) is 1.18. The van der Waals surface area contributed by atoms with Crippen LogP contribution < -0.4 is 11.1 Å². The molecule has 0 radical (unpaired) electrons. The fraction of sp³-hybridized carbons (Fsp3) is 0.222. The van der Waals surface area contributed by atoms with Crippen LogP contribution in [0.3, 0.4) is 0 Å². The number of hydrogen-bond acceptors (Lipinski definition) is 6. The molecule has 2 heterocycles. The Kier molecular flexibility index (Phi) is 3.32. The van der Waals surface area contributed by atoms with Gasteiger partial charge in [-0.1, -0.05) is 0 Å². The summed E-state index contributed by atoms with van der Waals surface area (Å²) in [5, 5.41) is 13.7. The second kappa shape index (κ2) is 5.08. The maximum atomic E-state index is 11.3. The van der Waals surface area contributed by atoms with E-state index in [2.05, 4.69) is 20.7 Å². The molecule has 9 nitrogen and oxygen atoms in total. The molecular formula is C9H10N6O3. The number of carbonyl (C=O) groups excluding carboxylic acids is 2. The number of tetrazole rings is 1. The Balaban J connectivity index is 1.95. The Morgan fingerprint density at radius 3 is 3.00 bits per heavy atom.